The molecule has 1 atom stereocenters. The summed E-state index contributed by atoms with van der Waals surface area (Å²) in [4.78, 5) is 4.98. The van der Waals surface area contributed by atoms with Crippen LogP contribution in [0.5, 0.6) is 0 Å². The maximum absolute atomic E-state index is 5.70. The van der Waals surface area contributed by atoms with Gasteiger partial charge >= 0.3 is 0 Å². The highest BCUT2D eigenvalue weighted by atomic mass is 16.3. The second-order valence-electron chi connectivity index (χ2n) is 5.88. The number of likely N-dealkylation sites (N-methyl/N-ethyl adjacent to an activating group) is 1. The molecule has 2 rings (SSSR count). The van der Waals surface area contributed by atoms with Crippen LogP contribution in [0.4, 0.5) is 0 Å². The Labute approximate surface area is 123 Å². The molecular formula is C16H29N3O. The van der Waals surface area contributed by atoms with Gasteiger partial charge in [0.05, 0.1) is 12.8 Å². The van der Waals surface area contributed by atoms with Crippen LogP contribution in [0, 0.1) is 0 Å². The van der Waals surface area contributed by atoms with Crippen LogP contribution in [0.3, 0.4) is 0 Å². The fraction of sp³-hybridized carbons (Fsp3) is 0.750. The van der Waals surface area contributed by atoms with E-state index in [0.29, 0.717) is 6.04 Å². The van der Waals surface area contributed by atoms with E-state index in [-0.39, 0.29) is 0 Å². The van der Waals surface area contributed by atoms with Crippen LogP contribution in [0.15, 0.2) is 16.7 Å². The van der Waals surface area contributed by atoms with Gasteiger partial charge < -0.3 is 14.6 Å². The number of hydrogen-bond donors (Lipinski definition) is 1. The number of nitrogens with one attached hydrogen (secondary N) is 1. The minimum Gasteiger partial charge on any atom is -0.468 e. The molecule has 20 heavy (non-hydrogen) atoms. The van der Waals surface area contributed by atoms with Gasteiger partial charge in [-0.3, -0.25) is 4.90 Å². The fourth-order valence-corrected chi connectivity index (χ4v) is 2.83. The maximum Gasteiger partial charge on any atom is 0.118 e. The Bertz CT molecular complexity index is 391. The number of furan rings is 1. The molecule has 1 unspecified atom stereocenters. The van der Waals surface area contributed by atoms with Crippen molar-refractivity contribution in [2.45, 2.75) is 45.8 Å². The first-order valence-electron chi connectivity index (χ1n) is 7.92. The summed E-state index contributed by atoms with van der Waals surface area (Å²) in [6.45, 7) is 10.8. The Balaban J connectivity index is 1.81. The lowest BCUT2D eigenvalue weighted by molar-refractivity contribution is 0.0836. The molecule has 0 spiro atoms. The first-order valence-corrected chi connectivity index (χ1v) is 7.92. The SMILES string of the molecule is CCCNCc1coc(CN2CCN(C)C(CC)C2)c1. The van der Waals surface area contributed by atoms with E-state index in [1.807, 2.05) is 6.26 Å². The van der Waals surface area contributed by atoms with E-state index in [1.54, 1.807) is 0 Å². The van der Waals surface area contributed by atoms with Crippen LogP contribution >= 0.6 is 0 Å². The summed E-state index contributed by atoms with van der Waals surface area (Å²) >= 11 is 0. The third-order valence-electron chi connectivity index (χ3n) is 4.18. The summed E-state index contributed by atoms with van der Waals surface area (Å²) in [6.07, 6.45) is 4.28. The van der Waals surface area contributed by atoms with Crippen LogP contribution in [0.2, 0.25) is 0 Å². The van der Waals surface area contributed by atoms with Gasteiger partial charge in [0.15, 0.2) is 0 Å². The van der Waals surface area contributed by atoms with E-state index in [2.05, 4.69) is 42.1 Å². The van der Waals surface area contributed by atoms with Crippen molar-refractivity contribution >= 4 is 0 Å². The fourth-order valence-electron chi connectivity index (χ4n) is 2.83. The van der Waals surface area contributed by atoms with Crippen molar-refractivity contribution in [2.75, 3.05) is 33.2 Å². The Morgan fingerprint density at radius 1 is 1.35 bits per heavy atom. The molecule has 1 fully saturated rings. The van der Waals surface area contributed by atoms with E-state index >= 15 is 0 Å². The molecule has 1 aliphatic heterocycles. The zero-order valence-corrected chi connectivity index (χ0v) is 13.2. The smallest absolute Gasteiger partial charge is 0.118 e. The van der Waals surface area contributed by atoms with Gasteiger partial charge in [0.2, 0.25) is 0 Å². The molecule has 0 radical (unpaired) electrons. The molecule has 1 aliphatic rings. The lowest BCUT2D eigenvalue weighted by Gasteiger charge is -2.38. The van der Waals surface area contributed by atoms with Crippen LogP contribution in [0.25, 0.3) is 0 Å². The van der Waals surface area contributed by atoms with Gasteiger partial charge in [-0.2, -0.15) is 0 Å². The second-order valence-corrected chi connectivity index (χ2v) is 5.88. The van der Waals surface area contributed by atoms with Gasteiger partial charge in [-0.05, 0) is 32.5 Å². The normalized spacial score (nSPS) is 21.4. The molecule has 114 valence electrons. The molecule has 0 saturated carbocycles. The van der Waals surface area contributed by atoms with Gasteiger partial charge in [-0.15, -0.1) is 0 Å². The molecule has 4 heteroatoms. The zero-order valence-electron chi connectivity index (χ0n) is 13.2. The topological polar surface area (TPSA) is 31.7 Å². The van der Waals surface area contributed by atoms with Crippen LogP contribution in [-0.2, 0) is 13.1 Å². The molecule has 0 amide bonds. The number of hydrogen-bond acceptors (Lipinski definition) is 4. The minimum absolute atomic E-state index is 0.685. The number of piperazine rings is 1. The van der Waals surface area contributed by atoms with Crippen molar-refractivity contribution in [3.05, 3.63) is 23.7 Å². The molecule has 0 aromatic carbocycles. The molecule has 4 nitrogen and oxygen atoms in total. The van der Waals surface area contributed by atoms with Crippen molar-refractivity contribution in [2.24, 2.45) is 0 Å². The average molecular weight is 279 g/mol. The second kappa shape index (κ2) is 7.81. The van der Waals surface area contributed by atoms with E-state index in [4.69, 9.17) is 4.42 Å². The van der Waals surface area contributed by atoms with Gasteiger partial charge in [-0.1, -0.05) is 13.8 Å². The summed E-state index contributed by atoms with van der Waals surface area (Å²) in [7, 11) is 2.23. The molecule has 0 aliphatic carbocycles. The Kier molecular flexibility index (Phi) is 6.07. The van der Waals surface area contributed by atoms with E-state index < -0.39 is 0 Å². The first-order chi connectivity index (χ1) is 9.72. The lowest BCUT2D eigenvalue weighted by Crippen LogP contribution is -2.50. The highest BCUT2D eigenvalue weighted by Crippen LogP contribution is 2.15. The third kappa shape index (κ3) is 4.33. The maximum atomic E-state index is 5.70. The van der Waals surface area contributed by atoms with Crippen LogP contribution in [0.1, 0.15) is 38.0 Å². The highest BCUT2D eigenvalue weighted by molar-refractivity contribution is 5.12. The van der Waals surface area contributed by atoms with Gasteiger partial charge in [0, 0.05) is 37.8 Å². The Morgan fingerprint density at radius 3 is 2.95 bits per heavy atom. The van der Waals surface area contributed by atoms with Crippen molar-refractivity contribution in [3.63, 3.8) is 0 Å². The zero-order chi connectivity index (χ0) is 14.4. The first kappa shape index (κ1) is 15.5. The van der Waals surface area contributed by atoms with E-state index in [0.717, 1.165) is 45.0 Å². The summed E-state index contributed by atoms with van der Waals surface area (Å²) < 4.78 is 5.70. The predicted octanol–water partition coefficient (Wildman–Crippen LogP) is 2.31. The Morgan fingerprint density at radius 2 is 2.20 bits per heavy atom. The monoisotopic (exact) mass is 279 g/mol. The average Bonchev–Trinajstić information content (AvgIpc) is 2.89. The predicted molar refractivity (Wildman–Crippen MR) is 82.7 cm³/mol. The molecule has 1 aromatic heterocycles. The van der Waals surface area contributed by atoms with Crippen LogP contribution < -0.4 is 5.32 Å². The van der Waals surface area contributed by atoms with Crippen molar-refractivity contribution in [1.82, 2.24) is 15.1 Å². The lowest BCUT2D eigenvalue weighted by atomic mass is 10.1. The molecule has 2 heterocycles. The molecule has 1 N–H and O–H groups in total. The van der Waals surface area contributed by atoms with Crippen molar-refractivity contribution < 1.29 is 4.42 Å². The minimum atomic E-state index is 0.685. The van der Waals surface area contributed by atoms with Gasteiger partial charge in [0.25, 0.3) is 0 Å². The molecular weight excluding hydrogens is 250 g/mol. The van der Waals surface area contributed by atoms with E-state index in [1.165, 1.54) is 18.4 Å². The Hall–Kier alpha value is -0.840. The summed E-state index contributed by atoms with van der Waals surface area (Å²) in [5, 5.41) is 3.41. The highest BCUT2D eigenvalue weighted by Gasteiger charge is 2.23. The molecule has 1 aromatic rings. The summed E-state index contributed by atoms with van der Waals surface area (Å²) in [6, 6.07) is 2.88. The quantitative estimate of drug-likeness (QED) is 0.776. The standard InChI is InChI=1S/C16H29N3O/c1-4-6-17-10-14-9-16(20-13-14)12-19-8-7-18(3)15(5-2)11-19/h9,13,15,17H,4-8,10-12H2,1-3H3. The summed E-state index contributed by atoms with van der Waals surface area (Å²) in [5.74, 6) is 1.10. The number of rotatable bonds is 7. The molecule has 1 saturated heterocycles. The number of nitrogens with zero attached hydrogens (tertiary/aromatic N) is 2. The van der Waals surface area contributed by atoms with Gasteiger partial charge in [-0.25, -0.2) is 0 Å². The van der Waals surface area contributed by atoms with Gasteiger partial charge in [0.1, 0.15) is 5.76 Å². The largest absolute Gasteiger partial charge is 0.468 e. The van der Waals surface area contributed by atoms with Crippen molar-refractivity contribution in [3.8, 4) is 0 Å². The van der Waals surface area contributed by atoms with Crippen molar-refractivity contribution in [1.29, 1.82) is 0 Å². The van der Waals surface area contributed by atoms with Crippen LogP contribution in [-0.4, -0.2) is 49.1 Å². The summed E-state index contributed by atoms with van der Waals surface area (Å²) in [5.41, 5.74) is 1.26. The molecule has 0 bridgehead atoms. The third-order valence-corrected chi connectivity index (χ3v) is 4.18. The van der Waals surface area contributed by atoms with E-state index in [9.17, 15) is 0 Å².